The van der Waals surface area contributed by atoms with Gasteiger partial charge >= 0.3 is 0 Å². The number of halogens is 4. The van der Waals surface area contributed by atoms with Crippen LogP contribution in [-0.4, -0.2) is 59.0 Å². The number of alkyl halides is 2. The number of nitrogens with one attached hydrogen (secondary N) is 1. The smallest absolute Gasteiger partial charge is 0.261 e. The minimum atomic E-state index is -2.30. The highest BCUT2D eigenvalue weighted by molar-refractivity contribution is 5.88. The van der Waals surface area contributed by atoms with Crippen molar-refractivity contribution in [1.29, 1.82) is 0 Å². The third-order valence-corrected chi connectivity index (χ3v) is 6.77. The molecule has 38 heavy (non-hydrogen) atoms. The van der Waals surface area contributed by atoms with Crippen molar-refractivity contribution >= 4 is 22.4 Å². The number of benzene rings is 2. The van der Waals surface area contributed by atoms with E-state index in [1.165, 1.54) is 12.1 Å². The SMILES string of the molecule is Cc1nc2cc(-c3cc(-c4ccc(N5CCN(CCC(F)F)CC5)cc4)c(F)nc3N)cc(F)c2c(=O)[nH]1. The summed E-state index contributed by atoms with van der Waals surface area (Å²) in [5, 5.41) is -0.168. The third kappa shape index (κ3) is 5.19. The van der Waals surface area contributed by atoms with Gasteiger partial charge in [-0.15, -0.1) is 0 Å². The molecule has 1 aliphatic rings. The standard InChI is InChI=1S/C27H26F4N6O/c1-15-33-22-13-17(12-21(28)24(22)27(38)34-15)20-14-19(25(31)35-26(20)32)16-2-4-18(5-3-16)37-10-8-36(9-11-37)7-6-23(29)30/h2-5,12-14,23H,6-11H2,1H3,(H2,32,35)(H,33,34,38). The van der Waals surface area contributed by atoms with Crippen molar-refractivity contribution in [3.05, 3.63) is 70.4 Å². The van der Waals surface area contributed by atoms with Gasteiger partial charge < -0.3 is 15.6 Å². The second kappa shape index (κ2) is 10.4. The van der Waals surface area contributed by atoms with E-state index in [2.05, 4.69) is 19.9 Å². The molecule has 3 N–H and O–H groups in total. The highest BCUT2D eigenvalue weighted by Gasteiger charge is 2.20. The number of aromatic amines is 1. The fourth-order valence-electron chi connectivity index (χ4n) is 4.80. The predicted molar refractivity (Wildman–Crippen MR) is 139 cm³/mol. The summed E-state index contributed by atoms with van der Waals surface area (Å²) < 4.78 is 54.7. The quantitative estimate of drug-likeness (QED) is 0.282. The molecule has 0 saturated carbocycles. The Hall–Kier alpha value is -3.99. The Labute approximate surface area is 215 Å². The summed E-state index contributed by atoms with van der Waals surface area (Å²) in [7, 11) is 0. The number of nitrogens with two attached hydrogens (primary N) is 1. The molecule has 2 aromatic heterocycles. The molecule has 0 atom stereocenters. The number of nitrogens with zero attached hydrogens (tertiary/aromatic N) is 4. The minimum Gasteiger partial charge on any atom is -0.383 e. The van der Waals surface area contributed by atoms with Crippen LogP contribution in [-0.2, 0) is 0 Å². The average Bonchev–Trinajstić information content (AvgIpc) is 2.87. The van der Waals surface area contributed by atoms with Crippen molar-refractivity contribution in [3.8, 4) is 22.3 Å². The van der Waals surface area contributed by atoms with Crippen LogP contribution in [0.25, 0.3) is 33.2 Å². The van der Waals surface area contributed by atoms with Gasteiger partial charge in [0.2, 0.25) is 12.4 Å². The first-order valence-electron chi connectivity index (χ1n) is 12.2. The zero-order valence-corrected chi connectivity index (χ0v) is 20.6. The molecular weight excluding hydrogens is 500 g/mol. The van der Waals surface area contributed by atoms with Crippen LogP contribution in [0.3, 0.4) is 0 Å². The predicted octanol–water partition coefficient (Wildman–Crippen LogP) is 4.60. The molecule has 1 fully saturated rings. The molecule has 3 heterocycles. The highest BCUT2D eigenvalue weighted by atomic mass is 19.3. The van der Waals surface area contributed by atoms with Crippen molar-refractivity contribution in [2.75, 3.05) is 43.4 Å². The first kappa shape index (κ1) is 25.7. The number of aromatic nitrogens is 3. The fraction of sp³-hybridized carbons (Fsp3) is 0.296. The molecular formula is C27H26F4N6O. The topological polar surface area (TPSA) is 91.1 Å². The lowest BCUT2D eigenvalue weighted by Gasteiger charge is -2.36. The number of aryl methyl sites for hydroxylation is 1. The lowest BCUT2D eigenvalue weighted by Crippen LogP contribution is -2.46. The first-order valence-corrected chi connectivity index (χ1v) is 12.2. The number of piperazine rings is 1. The summed E-state index contributed by atoms with van der Waals surface area (Å²) in [4.78, 5) is 26.9. The van der Waals surface area contributed by atoms with Gasteiger partial charge in [-0.1, -0.05) is 12.1 Å². The molecule has 0 radical (unpaired) electrons. The normalized spacial score (nSPS) is 14.5. The van der Waals surface area contributed by atoms with E-state index in [-0.39, 0.29) is 28.7 Å². The van der Waals surface area contributed by atoms with E-state index in [9.17, 15) is 22.4 Å². The monoisotopic (exact) mass is 526 g/mol. The zero-order valence-electron chi connectivity index (χ0n) is 20.6. The van der Waals surface area contributed by atoms with E-state index in [0.717, 1.165) is 11.8 Å². The van der Waals surface area contributed by atoms with E-state index in [4.69, 9.17) is 5.73 Å². The lowest BCUT2D eigenvalue weighted by atomic mass is 9.99. The Morgan fingerprint density at radius 3 is 2.37 bits per heavy atom. The van der Waals surface area contributed by atoms with E-state index in [1.807, 2.05) is 17.0 Å². The number of fused-ring (bicyclic) bond motifs is 1. The van der Waals surface area contributed by atoms with Gasteiger partial charge in [-0.3, -0.25) is 9.69 Å². The van der Waals surface area contributed by atoms with Gasteiger partial charge in [-0.2, -0.15) is 4.39 Å². The van der Waals surface area contributed by atoms with Crippen LogP contribution in [0.2, 0.25) is 0 Å². The van der Waals surface area contributed by atoms with Gasteiger partial charge in [-0.25, -0.2) is 23.1 Å². The van der Waals surface area contributed by atoms with Crippen molar-refractivity contribution in [3.63, 3.8) is 0 Å². The number of rotatable bonds is 6. The molecule has 198 valence electrons. The Kier molecular flexibility index (Phi) is 7.02. The maximum atomic E-state index is 14.9. The van der Waals surface area contributed by atoms with Crippen LogP contribution < -0.4 is 16.2 Å². The molecule has 11 heteroatoms. The molecule has 7 nitrogen and oxygen atoms in total. The van der Waals surface area contributed by atoms with Crippen molar-refractivity contribution in [2.45, 2.75) is 19.8 Å². The Morgan fingerprint density at radius 1 is 0.974 bits per heavy atom. The van der Waals surface area contributed by atoms with Crippen LogP contribution in [0.15, 0.2) is 47.3 Å². The average molecular weight is 527 g/mol. The first-order chi connectivity index (χ1) is 18.2. The van der Waals surface area contributed by atoms with E-state index in [0.29, 0.717) is 55.2 Å². The third-order valence-electron chi connectivity index (χ3n) is 6.77. The Balaban J connectivity index is 1.41. The number of pyridine rings is 1. The van der Waals surface area contributed by atoms with Crippen LogP contribution >= 0.6 is 0 Å². The van der Waals surface area contributed by atoms with Gasteiger partial charge in [0, 0.05) is 56.0 Å². The molecule has 0 aliphatic carbocycles. The zero-order chi connectivity index (χ0) is 27.0. The summed E-state index contributed by atoms with van der Waals surface area (Å²) in [5.41, 5.74) is 7.90. The lowest BCUT2D eigenvalue weighted by molar-refractivity contribution is 0.114. The maximum Gasteiger partial charge on any atom is 0.261 e. The molecule has 0 unspecified atom stereocenters. The Morgan fingerprint density at radius 2 is 1.68 bits per heavy atom. The molecule has 0 amide bonds. The Bertz CT molecular complexity index is 1530. The summed E-state index contributed by atoms with van der Waals surface area (Å²) in [6.45, 7) is 4.76. The molecule has 0 bridgehead atoms. The van der Waals surface area contributed by atoms with Gasteiger partial charge in [0.05, 0.1) is 5.52 Å². The molecule has 1 aliphatic heterocycles. The largest absolute Gasteiger partial charge is 0.383 e. The van der Waals surface area contributed by atoms with Crippen LogP contribution in [0.1, 0.15) is 12.2 Å². The number of nitrogen functional groups attached to an aromatic ring is 1. The van der Waals surface area contributed by atoms with Gasteiger partial charge in [0.15, 0.2) is 0 Å². The van der Waals surface area contributed by atoms with Crippen molar-refractivity contribution < 1.29 is 17.6 Å². The number of anilines is 2. The molecule has 5 rings (SSSR count). The highest BCUT2D eigenvalue weighted by Crippen LogP contribution is 2.34. The fourth-order valence-corrected chi connectivity index (χ4v) is 4.80. The number of hydrogen-bond acceptors (Lipinski definition) is 6. The van der Waals surface area contributed by atoms with Crippen LogP contribution in [0.5, 0.6) is 0 Å². The van der Waals surface area contributed by atoms with Crippen LogP contribution in [0.4, 0.5) is 29.1 Å². The molecule has 1 saturated heterocycles. The van der Waals surface area contributed by atoms with Gasteiger partial charge in [-0.05, 0) is 48.4 Å². The van der Waals surface area contributed by atoms with E-state index in [1.54, 1.807) is 19.1 Å². The molecule has 0 spiro atoms. The maximum absolute atomic E-state index is 14.9. The molecule has 4 aromatic rings. The van der Waals surface area contributed by atoms with Gasteiger partial charge in [0.25, 0.3) is 5.56 Å². The number of H-pyrrole nitrogens is 1. The van der Waals surface area contributed by atoms with Crippen molar-refractivity contribution in [2.24, 2.45) is 0 Å². The summed E-state index contributed by atoms with van der Waals surface area (Å²) in [6, 6.07) is 11.5. The second-order valence-electron chi connectivity index (χ2n) is 9.32. The number of hydrogen-bond donors (Lipinski definition) is 2. The van der Waals surface area contributed by atoms with Gasteiger partial charge in [0.1, 0.15) is 22.8 Å². The summed E-state index contributed by atoms with van der Waals surface area (Å²) in [6.07, 6.45) is -2.42. The summed E-state index contributed by atoms with van der Waals surface area (Å²) >= 11 is 0. The van der Waals surface area contributed by atoms with E-state index >= 15 is 0 Å². The minimum absolute atomic E-state index is 0.118. The van der Waals surface area contributed by atoms with Crippen LogP contribution in [0, 0.1) is 18.7 Å². The summed E-state index contributed by atoms with van der Waals surface area (Å²) in [5.74, 6) is -1.32. The molecule has 2 aromatic carbocycles. The van der Waals surface area contributed by atoms with Crippen molar-refractivity contribution in [1.82, 2.24) is 19.9 Å². The van der Waals surface area contributed by atoms with E-state index < -0.39 is 23.7 Å². The second-order valence-corrected chi connectivity index (χ2v) is 9.32.